The molecule has 0 aliphatic heterocycles. The van der Waals surface area contributed by atoms with Crippen LogP contribution in [0, 0.1) is 0 Å². The molecule has 1 N–H and O–H groups in total. The second-order valence-electron chi connectivity index (χ2n) is 4.63. The molecule has 0 fully saturated rings. The maximum absolute atomic E-state index is 4.31. The van der Waals surface area contributed by atoms with E-state index in [9.17, 15) is 0 Å². The van der Waals surface area contributed by atoms with Crippen LogP contribution in [0.5, 0.6) is 0 Å². The van der Waals surface area contributed by atoms with E-state index in [1.54, 1.807) is 16.9 Å². The van der Waals surface area contributed by atoms with Crippen LogP contribution < -0.4 is 10.2 Å². The summed E-state index contributed by atoms with van der Waals surface area (Å²) in [4.78, 5) is 6.36. The maximum atomic E-state index is 4.31. The van der Waals surface area contributed by atoms with E-state index in [-0.39, 0.29) is 0 Å². The van der Waals surface area contributed by atoms with Gasteiger partial charge in [-0.05, 0) is 40.2 Å². The topological polar surface area (TPSA) is 45.5 Å². The monoisotopic (exact) mass is 331 g/mol. The highest BCUT2D eigenvalue weighted by Gasteiger charge is 2.07. The largest absolute Gasteiger partial charge is 0.378 e. The molecule has 0 unspecified atom stereocenters. The van der Waals surface area contributed by atoms with Gasteiger partial charge in [0, 0.05) is 31.7 Å². The predicted octanol–water partition coefficient (Wildman–Crippen LogP) is 3.30. The van der Waals surface area contributed by atoms with Crippen LogP contribution in [0.1, 0.15) is 0 Å². The highest BCUT2D eigenvalue weighted by molar-refractivity contribution is 9.10. The zero-order chi connectivity index (χ0) is 14.1. The van der Waals surface area contributed by atoms with E-state index in [2.05, 4.69) is 48.4 Å². The summed E-state index contributed by atoms with van der Waals surface area (Å²) >= 11 is 3.44. The molecule has 2 heterocycles. The second kappa shape index (κ2) is 5.13. The van der Waals surface area contributed by atoms with Crippen LogP contribution in [-0.4, -0.2) is 28.7 Å². The van der Waals surface area contributed by atoms with Crippen molar-refractivity contribution < 1.29 is 0 Å². The van der Waals surface area contributed by atoms with Gasteiger partial charge in [-0.25, -0.2) is 4.98 Å². The minimum absolute atomic E-state index is 0.791. The Morgan fingerprint density at radius 2 is 2.10 bits per heavy atom. The number of hydrogen-bond acceptors (Lipinski definition) is 4. The lowest BCUT2D eigenvalue weighted by atomic mass is 10.2. The highest BCUT2D eigenvalue weighted by Crippen LogP contribution is 2.23. The summed E-state index contributed by atoms with van der Waals surface area (Å²) in [7, 11) is 4.04. The fourth-order valence-electron chi connectivity index (χ4n) is 1.97. The standard InChI is InChI=1S/C14H14BrN5/c1-19(2)11-5-3-4-10(8-11)18-13-6-7-16-14-12(15)9-17-20(13)14/h3-9,18H,1-2H3. The van der Waals surface area contributed by atoms with Gasteiger partial charge < -0.3 is 10.2 Å². The summed E-state index contributed by atoms with van der Waals surface area (Å²) < 4.78 is 2.65. The number of aromatic nitrogens is 3. The molecule has 0 radical (unpaired) electrons. The van der Waals surface area contributed by atoms with Gasteiger partial charge in [-0.15, -0.1) is 0 Å². The SMILES string of the molecule is CN(C)c1cccc(Nc2ccnc3c(Br)cnn23)c1. The number of halogens is 1. The summed E-state index contributed by atoms with van der Waals surface area (Å²) in [5, 5.41) is 7.67. The molecule has 1 aromatic carbocycles. The smallest absolute Gasteiger partial charge is 0.171 e. The fraction of sp³-hybridized carbons (Fsp3) is 0.143. The van der Waals surface area contributed by atoms with Crippen LogP contribution in [-0.2, 0) is 0 Å². The first kappa shape index (κ1) is 12.9. The lowest BCUT2D eigenvalue weighted by Crippen LogP contribution is -2.08. The molecule has 0 aliphatic rings. The van der Waals surface area contributed by atoms with Crippen LogP contribution >= 0.6 is 15.9 Å². The van der Waals surface area contributed by atoms with Gasteiger partial charge in [0.2, 0.25) is 0 Å². The van der Waals surface area contributed by atoms with Crippen LogP contribution in [0.3, 0.4) is 0 Å². The average molecular weight is 332 g/mol. The van der Waals surface area contributed by atoms with Crippen molar-refractivity contribution in [1.29, 1.82) is 0 Å². The number of anilines is 3. The van der Waals surface area contributed by atoms with Crippen LogP contribution in [0.4, 0.5) is 17.2 Å². The van der Waals surface area contributed by atoms with E-state index in [0.29, 0.717) is 0 Å². The molecule has 0 atom stereocenters. The molecular weight excluding hydrogens is 318 g/mol. The molecule has 5 nitrogen and oxygen atoms in total. The zero-order valence-corrected chi connectivity index (χ0v) is 12.8. The van der Waals surface area contributed by atoms with Crippen molar-refractivity contribution >= 4 is 38.8 Å². The quantitative estimate of drug-likeness (QED) is 0.799. The van der Waals surface area contributed by atoms with Gasteiger partial charge in [-0.2, -0.15) is 9.61 Å². The van der Waals surface area contributed by atoms with Gasteiger partial charge in [-0.1, -0.05) is 6.07 Å². The minimum atomic E-state index is 0.791. The molecule has 2 aromatic heterocycles. The molecule has 0 aliphatic carbocycles. The minimum Gasteiger partial charge on any atom is -0.378 e. The van der Waals surface area contributed by atoms with Crippen molar-refractivity contribution in [2.45, 2.75) is 0 Å². The Kier molecular flexibility index (Phi) is 3.31. The predicted molar refractivity (Wildman–Crippen MR) is 84.7 cm³/mol. The first-order chi connectivity index (χ1) is 9.65. The van der Waals surface area contributed by atoms with E-state index in [1.165, 1.54) is 0 Å². The fourth-order valence-corrected chi connectivity index (χ4v) is 2.33. The molecule has 0 saturated heterocycles. The zero-order valence-electron chi connectivity index (χ0n) is 11.2. The third-order valence-corrected chi connectivity index (χ3v) is 3.55. The van der Waals surface area contributed by atoms with Gasteiger partial charge >= 0.3 is 0 Å². The summed E-state index contributed by atoms with van der Waals surface area (Å²) in [5.41, 5.74) is 2.94. The van der Waals surface area contributed by atoms with Crippen molar-refractivity contribution in [2.75, 3.05) is 24.3 Å². The molecule has 0 bridgehead atoms. The number of hydrogen-bond donors (Lipinski definition) is 1. The summed E-state index contributed by atoms with van der Waals surface area (Å²) in [5.74, 6) is 0.872. The van der Waals surface area contributed by atoms with Gasteiger partial charge in [0.1, 0.15) is 5.82 Å². The molecule has 3 rings (SSSR count). The maximum Gasteiger partial charge on any atom is 0.171 e. The van der Waals surface area contributed by atoms with E-state index >= 15 is 0 Å². The normalized spacial score (nSPS) is 10.8. The van der Waals surface area contributed by atoms with Crippen molar-refractivity contribution in [1.82, 2.24) is 14.6 Å². The van der Waals surface area contributed by atoms with E-state index in [4.69, 9.17) is 0 Å². The van der Waals surface area contributed by atoms with E-state index in [0.717, 1.165) is 27.3 Å². The Morgan fingerprint density at radius 3 is 2.90 bits per heavy atom. The van der Waals surface area contributed by atoms with Gasteiger partial charge in [-0.3, -0.25) is 0 Å². The van der Waals surface area contributed by atoms with E-state index in [1.807, 2.05) is 32.3 Å². The molecule has 6 heteroatoms. The average Bonchev–Trinajstić information content (AvgIpc) is 2.82. The second-order valence-corrected chi connectivity index (χ2v) is 5.48. The summed E-state index contributed by atoms with van der Waals surface area (Å²) in [6.07, 6.45) is 3.50. The highest BCUT2D eigenvalue weighted by atomic mass is 79.9. The lowest BCUT2D eigenvalue weighted by Gasteiger charge is -2.14. The van der Waals surface area contributed by atoms with Crippen LogP contribution in [0.25, 0.3) is 5.65 Å². The summed E-state index contributed by atoms with van der Waals surface area (Å²) in [6, 6.07) is 10.1. The Morgan fingerprint density at radius 1 is 1.25 bits per heavy atom. The molecule has 0 amide bonds. The van der Waals surface area contributed by atoms with Crippen molar-refractivity contribution in [3.05, 3.63) is 47.2 Å². The first-order valence-electron chi connectivity index (χ1n) is 6.18. The molecule has 0 spiro atoms. The number of nitrogens with one attached hydrogen (secondary N) is 1. The van der Waals surface area contributed by atoms with E-state index < -0.39 is 0 Å². The Labute approximate surface area is 125 Å². The number of benzene rings is 1. The number of nitrogens with zero attached hydrogens (tertiary/aromatic N) is 4. The molecule has 102 valence electrons. The Bertz CT molecular complexity index is 750. The summed E-state index contributed by atoms with van der Waals surface area (Å²) in [6.45, 7) is 0. The third kappa shape index (κ3) is 2.34. The Hall–Kier alpha value is -2.08. The van der Waals surface area contributed by atoms with Crippen LogP contribution in [0.2, 0.25) is 0 Å². The Balaban J connectivity index is 1.99. The molecule has 20 heavy (non-hydrogen) atoms. The number of fused-ring (bicyclic) bond motifs is 1. The van der Waals surface area contributed by atoms with Gasteiger partial charge in [0.25, 0.3) is 0 Å². The van der Waals surface area contributed by atoms with Crippen molar-refractivity contribution in [3.63, 3.8) is 0 Å². The molecule has 0 saturated carbocycles. The number of rotatable bonds is 3. The third-order valence-electron chi connectivity index (χ3n) is 2.99. The van der Waals surface area contributed by atoms with Gasteiger partial charge in [0.15, 0.2) is 5.65 Å². The van der Waals surface area contributed by atoms with Crippen molar-refractivity contribution in [2.24, 2.45) is 0 Å². The molecule has 3 aromatic rings. The first-order valence-corrected chi connectivity index (χ1v) is 6.97. The van der Waals surface area contributed by atoms with Crippen LogP contribution in [0.15, 0.2) is 47.2 Å². The molecular formula is C14H14BrN5. The lowest BCUT2D eigenvalue weighted by molar-refractivity contribution is 0.947. The van der Waals surface area contributed by atoms with Gasteiger partial charge in [0.05, 0.1) is 10.7 Å². The van der Waals surface area contributed by atoms with Crippen molar-refractivity contribution in [3.8, 4) is 0 Å².